The van der Waals surface area contributed by atoms with E-state index in [2.05, 4.69) is 10.0 Å². The van der Waals surface area contributed by atoms with Crippen LogP contribution in [0, 0.1) is 0 Å². The fourth-order valence-corrected chi connectivity index (χ4v) is 4.54. The SMILES string of the molecule is COc1ccc(S(=O)(=O)NCCNC(=O)C2c3ccccc3Oc3ccccc32)cc1. The maximum absolute atomic E-state index is 13.0. The van der Waals surface area contributed by atoms with Crippen molar-refractivity contribution in [2.45, 2.75) is 10.8 Å². The molecule has 0 aliphatic carbocycles. The molecule has 1 aliphatic rings. The Morgan fingerprint density at radius 1 is 0.903 bits per heavy atom. The van der Waals surface area contributed by atoms with Crippen LogP contribution in [-0.2, 0) is 14.8 Å². The molecule has 0 bridgehead atoms. The van der Waals surface area contributed by atoms with Crippen LogP contribution in [0.4, 0.5) is 0 Å². The Labute approximate surface area is 181 Å². The van der Waals surface area contributed by atoms with E-state index in [0.29, 0.717) is 17.2 Å². The van der Waals surface area contributed by atoms with Crippen LogP contribution in [0.1, 0.15) is 17.0 Å². The average molecular weight is 439 g/mol. The molecule has 3 aromatic carbocycles. The molecule has 0 unspecified atom stereocenters. The minimum atomic E-state index is -3.68. The first-order valence-corrected chi connectivity index (χ1v) is 11.2. The van der Waals surface area contributed by atoms with Crippen LogP contribution in [0.3, 0.4) is 0 Å². The normalized spacial score (nSPS) is 12.9. The first kappa shape index (κ1) is 20.9. The van der Waals surface area contributed by atoms with Crippen LogP contribution in [0.2, 0.25) is 0 Å². The zero-order valence-corrected chi connectivity index (χ0v) is 17.7. The number of hydrogen-bond donors (Lipinski definition) is 2. The molecule has 31 heavy (non-hydrogen) atoms. The third-order valence-electron chi connectivity index (χ3n) is 5.03. The number of rotatable bonds is 7. The zero-order valence-electron chi connectivity index (χ0n) is 16.9. The molecule has 0 fully saturated rings. The second kappa shape index (κ2) is 8.79. The number of methoxy groups -OCH3 is 1. The predicted octanol–water partition coefficient (Wildman–Crippen LogP) is 3.03. The van der Waals surface area contributed by atoms with Gasteiger partial charge >= 0.3 is 0 Å². The average Bonchev–Trinajstić information content (AvgIpc) is 2.80. The van der Waals surface area contributed by atoms with Gasteiger partial charge in [0.05, 0.1) is 17.9 Å². The van der Waals surface area contributed by atoms with Gasteiger partial charge in [0.25, 0.3) is 0 Å². The Balaban J connectivity index is 1.41. The molecular weight excluding hydrogens is 416 g/mol. The number of benzene rings is 3. The van der Waals surface area contributed by atoms with Gasteiger partial charge in [0.2, 0.25) is 15.9 Å². The Kier molecular flexibility index (Phi) is 5.92. The summed E-state index contributed by atoms with van der Waals surface area (Å²) in [5.74, 6) is 1.11. The van der Waals surface area contributed by atoms with Gasteiger partial charge in [-0.1, -0.05) is 36.4 Å². The maximum atomic E-state index is 13.0. The Morgan fingerprint density at radius 2 is 1.48 bits per heavy atom. The molecule has 8 heteroatoms. The van der Waals surface area contributed by atoms with E-state index in [1.165, 1.54) is 19.2 Å². The number of carbonyl (C=O) groups is 1. The van der Waals surface area contributed by atoms with Crippen LogP contribution in [-0.4, -0.2) is 34.5 Å². The quantitative estimate of drug-likeness (QED) is 0.553. The third kappa shape index (κ3) is 4.40. The van der Waals surface area contributed by atoms with Crippen molar-refractivity contribution in [3.8, 4) is 17.2 Å². The van der Waals surface area contributed by atoms with Gasteiger partial charge in [0.1, 0.15) is 17.2 Å². The first-order valence-electron chi connectivity index (χ1n) is 9.77. The number of fused-ring (bicyclic) bond motifs is 2. The van der Waals surface area contributed by atoms with E-state index in [9.17, 15) is 13.2 Å². The molecule has 7 nitrogen and oxygen atoms in total. The van der Waals surface area contributed by atoms with E-state index in [1.807, 2.05) is 48.5 Å². The zero-order chi connectivity index (χ0) is 21.8. The lowest BCUT2D eigenvalue weighted by atomic mass is 9.87. The summed E-state index contributed by atoms with van der Waals surface area (Å²) in [6, 6.07) is 20.9. The lowest BCUT2D eigenvalue weighted by molar-refractivity contribution is -0.121. The van der Waals surface area contributed by atoms with Crippen molar-refractivity contribution in [3.05, 3.63) is 83.9 Å². The lowest BCUT2D eigenvalue weighted by Gasteiger charge is -2.27. The number of carbonyl (C=O) groups excluding carboxylic acids is 1. The molecule has 0 atom stereocenters. The summed E-state index contributed by atoms with van der Waals surface area (Å²) in [7, 11) is -2.17. The highest BCUT2D eigenvalue weighted by atomic mass is 32.2. The van der Waals surface area contributed by atoms with Crippen LogP contribution in [0.5, 0.6) is 17.2 Å². The van der Waals surface area contributed by atoms with E-state index < -0.39 is 15.9 Å². The van der Waals surface area contributed by atoms with Gasteiger partial charge in [0, 0.05) is 24.2 Å². The van der Waals surface area contributed by atoms with Gasteiger partial charge < -0.3 is 14.8 Å². The molecule has 2 N–H and O–H groups in total. The molecule has 1 heterocycles. The van der Waals surface area contributed by atoms with Crippen LogP contribution in [0.25, 0.3) is 0 Å². The monoisotopic (exact) mass is 438 g/mol. The van der Waals surface area contributed by atoms with Gasteiger partial charge in [0.15, 0.2) is 0 Å². The smallest absolute Gasteiger partial charge is 0.240 e. The molecule has 0 saturated carbocycles. The number of nitrogens with one attached hydrogen (secondary N) is 2. The second-order valence-corrected chi connectivity index (χ2v) is 8.74. The highest BCUT2D eigenvalue weighted by Crippen LogP contribution is 2.43. The van der Waals surface area contributed by atoms with Crippen molar-refractivity contribution >= 4 is 15.9 Å². The topological polar surface area (TPSA) is 93.7 Å². The van der Waals surface area contributed by atoms with Gasteiger partial charge in [-0.25, -0.2) is 13.1 Å². The fraction of sp³-hybridized carbons (Fsp3) is 0.174. The van der Waals surface area contributed by atoms with Crippen LogP contribution in [0.15, 0.2) is 77.7 Å². The summed E-state index contributed by atoms with van der Waals surface area (Å²) in [5, 5.41) is 2.84. The molecule has 160 valence electrons. The highest BCUT2D eigenvalue weighted by molar-refractivity contribution is 7.89. The van der Waals surface area contributed by atoms with Crippen molar-refractivity contribution in [3.63, 3.8) is 0 Å². The molecule has 0 radical (unpaired) electrons. The summed E-state index contributed by atoms with van der Waals surface area (Å²) in [4.78, 5) is 13.2. The summed E-state index contributed by atoms with van der Waals surface area (Å²) in [5.41, 5.74) is 1.55. The van der Waals surface area contributed by atoms with Crippen molar-refractivity contribution in [2.24, 2.45) is 0 Å². The Hall–Kier alpha value is -3.36. The van der Waals surface area contributed by atoms with Gasteiger partial charge in [-0.15, -0.1) is 0 Å². The van der Waals surface area contributed by atoms with Crippen molar-refractivity contribution in [1.29, 1.82) is 0 Å². The van der Waals surface area contributed by atoms with Gasteiger partial charge in [-0.2, -0.15) is 0 Å². The Morgan fingerprint density at radius 3 is 2.06 bits per heavy atom. The largest absolute Gasteiger partial charge is 0.497 e. The van der Waals surface area contributed by atoms with Gasteiger partial charge in [-0.3, -0.25) is 4.79 Å². The van der Waals surface area contributed by atoms with Crippen LogP contribution >= 0.6 is 0 Å². The summed E-state index contributed by atoms with van der Waals surface area (Å²) in [6.07, 6.45) is 0. The molecule has 4 rings (SSSR count). The third-order valence-corrected chi connectivity index (χ3v) is 6.51. The number of para-hydroxylation sites is 2. The molecule has 0 saturated heterocycles. The van der Waals surface area contributed by atoms with E-state index in [0.717, 1.165) is 11.1 Å². The number of ether oxygens (including phenoxy) is 2. The number of hydrogen-bond acceptors (Lipinski definition) is 5. The van der Waals surface area contributed by atoms with Crippen molar-refractivity contribution < 1.29 is 22.7 Å². The number of sulfonamides is 1. The molecule has 0 aromatic heterocycles. The molecule has 3 aromatic rings. The summed E-state index contributed by atoms with van der Waals surface area (Å²) < 4.78 is 38.3. The maximum Gasteiger partial charge on any atom is 0.240 e. The molecule has 0 spiro atoms. The number of amides is 1. The van der Waals surface area contributed by atoms with E-state index in [1.54, 1.807) is 12.1 Å². The Bertz CT molecular complexity index is 1150. The first-order chi connectivity index (χ1) is 15.0. The standard InChI is InChI=1S/C23H22N2O5S/c1-29-16-10-12-17(13-11-16)31(27,28)25-15-14-24-23(26)22-18-6-2-4-8-20(18)30-21-9-5-3-7-19(21)22/h2-13,22,25H,14-15H2,1H3,(H,24,26). The summed E-state index contributed by atoms with van der Waals surface area (Å²) in [6.45, 7) is 0.211. The lowest BCUT2D eigenvalue weighted by Crippen LogP contribution is -2.37. The van der Waals surface area contributed by atoms with E-state index in [4.69, 9.17) is 9.47 Å². The van der Waals surface area contributed by atoms with Crippen molar-refractivity contribution in [1.82, 2.24) is 10.0 Å². The van der Waals surface area contributed by atoms with E-state index >= 15 is 0 Å². The predicted molar refractivity (Wildman–Crippen MR) is 116 cm³/mol. The molecular formula is C23H22N2O5S. The summed E-state index contributed by atoms with van der Waals surface area (Å²) >= 11 is 0. The second-order valence-electron chi connectivity index (χ2n) is 6.98. The van der Waals surface area contributed by atoms with Crippen LogP contribution < -0.4 is 19.5 Å². The highest BCUT2D eigenvalue weighted by Gasteiger charge is 2.32. The van der Waals surface area contributed by atoms with Crippen molar-refractivity contribution in [2.75, 3.05) is 20.2 Å². The molecule has 1 amide bonds. The molecule has 1 aliphatic heterocycles. The fourth-order valence-electron chi connectivity index (χ4n) is 3.50. The van der Waals surface area contributed by atoms with Gasteiger partial charge in [-0.05, 0) is 36.4 Å². The van der Waals surface area contributed by atoms with E-state index in [-0.39, 0.29) is 23.9 Å². The minimum absolute atomic E-state index is 0.0621. The minimum Gasteiger partial charge on any atom is -0.497 e.